The van der Waals surface area contributed by atoms with Crippen LogP contribution in [0.15, 0.2) is 34.3 Å². The lowest BCUT2D eigenvalue weighted by atomic mass is 10.1. The van der Waals surface area contributed by atoms with Gasteiger partial charge in [-0.2, -0.15) is 11.3 Å². The Morgan fingerprint density at radius 1 is 1.37 bits per heavy atom. The standard InChI is InChI=1S/C13H13NO3S2/c1-9(15)17-7-12(16)14-13(10-4-6-18-8-10)11-3-2-5-19-11/h2-6,8,13H,7H2,1H3,(H,14,16)/t13-/m0/s1. The number of rotatable bonds is 5. The van der Waals surface area contributed by atoms with Gasteiger partial charge in [0.1, 0.15) is 0 Å². The lowest BCUT2D eigenvalue weighted by Gasteiger charge is -2.16. The van der Waals surface area contributed by atoms with E-state index in [4.69, 9.17) is 4.74 Å². The summed E-state index contributed by atoms with van der Waals surface area (Å²) in [5.74, 6) is -0.766. The highest BCUT2D eigenvalue weighted by atomic mass is 32.1. The average Bonchev–Trinajstić information content (AvgIpc) is 3.05. The van der Waals surface area contributed by atoms with Crippen LogP contribution < -0.4 is 5.32 Å². The van der Waals surface area contributed by atoms with Gasteiger partial charge >= 0.3 is 5.97 Å². The molecule has 6 heteroatoms. The van der Waals surface area contributed by atoms with Gasteiger partial charge in [0, 0.05) is 11.8 Å². The molecule has 0 aliphatic heterocycles. The van der Waals surface area contributed by atoms with E-state index in [9.17, 15) is 9.59 Å². The topological polar surface area (TPSA) is 55.4 Å². The van der Waals surface area contributed by atoms with Crippen LogP contribution in [0.3, 0.4) is 0 Å². The zero-order valence-corrected chi connectivity index (χ0v) is 11.9. The molecule has 0 aliphatic carbocycles. The number of hydrogen-bond donors (Lipinski definition) is 1. The SMILES string of the molecule is CC(=O)OCC(=O)N[C@@H](c1ccsc1)c1cccs1. The highest BCUT2D eigenvalue weighted by molar-refractivity contribution is 7.10. The molecule has 1 N–H and O–H groups in total. The summed E-state index contributed by atoms with van der Waals surface area (Å²) in [5.41, 5.74) is 1.03. The van der Waals surface area contributed by atoms with Gasteiger partial charge in [0.2, 0.25) is 0 Å². The molecule has 1 atom stereocenters. The summed E-state index contributed by atoms with van der Waals surface area (Å²) >= 11 is 3.16. The van der Waals surface area contributed by atoms with Crippen molar-refractivity contribution in [3.05, 3.63) is 44.8 Å². The van der Waals surface area contributed by atoms with Gasteiger partial charge < -0.3 is 10.1 Å². The molecule has 0 radical (unpaired) electrons. The van der Waals surface area contributed by atoms with Crippen molar-refractivity contribution in [1.82, 2.24) is 5.32 Å². The highest BCUT2D eigenvalue weighted by Crippen LogP contribution is 2.27. The molecule has 0 fully saturated rings. The van der Waals surface area contributed by atoms with Crippen LogP contribution in [0.2, 0.25) is 0 Å². The summed E-state index contributed by atoms with van der Waals surface area (Å²) in [5, 5.41) is 8.81. The number of nitrogens with one attached hydrogen (secondary N) is 1. The van der Waals surface area contributed by atoms with E-state index in [0.717, 1.165) is 10.4 Å². The molecule has 0 bridgehead atoms. The molecule has 2 rings (SSSR count). The second kappa shape index (κ2) is 6.49. The summed E-state index contributed by atoms with van der Waals surface area (Å²) in [6, 6.07) is 5.70. The Kier molecular flexibility index (Phi) is 4.70. The van der Waals surface area contributed by atoms with Gasteiger partial charge in [0.05, 0.1) is 6.04 Å². The van der Waals surface area contributed by atoms with Crippen LogP contribution in [0, 0.1) is 0 Å². The minimum Gasteiger partial charge on any atom is -0.456 e. The van der Waals surface area contributed by atoms with E-state index in [-0.39, 0.29) is 18.6 Å². The molecule has 2 aromatic heterocycles. The highest BCUT2D eigenvalue weighted by Gasteiger charge is 2.18. The molecule has 0 saturated heterocycles. The van der Waals surface area contributed by atoms with Crippen molar-refractivity contribution in [3.8, 4) is 0 Å². The van der Waals surface area contributed by atoms with Gasteiger partial charge in [-0.3, -0.25) is 9.59 Å². The van der Waals surface area contributed by atoms with Crippen LogP contribution in [0.5, 0.6) is 0 Å². The Balaban J connectivity index is 2.07. The number of carbonyl (C=O) groups is 2. The van der Waals surface area contributed by atoms with Crippen molar-refractivity contribution in [2.75, 3.05) is 6.61 Å². The molecule has 1 amide bonds. The average molecular weight is 295 g/mol. The van der Waals surface area contributed by atoms with E-state index in [0.29, 0.717) is 0 Å². The first kappa shape index (κ1) is 13.8. The third-order valence-corrected chi connectivity index (χ3v) is 4.05. The fourth-order valence-corrected chi connectivity index (χ4v) is 3.07. The van der Waals surface area contributed by atoms with Crippen LogP contribution >= 0.6 is 22.7 Å². The van der Waals surface area contributed by atoms with Gasteiger partial charge in [0.15, 0.2) is 6.61 Å². The molecule has 4 nitrogen and oxygen atoms in total. The van der Waals surface area contributed by atoms with Crippen molar-refractivity contribution in [2.24, 2.45) is 0 Å². The molecule has 0 spiro atoms. The summed E-state index contributed by atoms with van der Waals surface area (Å²) in [6.07, 6.45) is 0. The van der Waals surface area contributed by atoms with Crippen molar-refractivity contribution >= 4 is 34.6 Å². The fourth-order valence-electron chi connectivity index (χ4n) is 1.58. The van der Waals surface area contributed by atoms with Gasteiger partial charge in [-0.25, -0.2) is 0 Å². The van der Waals surface area contributed by atoms with E-state index in [2.05, 4.69) is 5.32 Å². The summed E-state index contributed by atoms with van der Waals surface area (Å²) in [6.45, 7) is 1.03. The molecule has 2 aromatic rings. The number of esters is 1. The van der Waals surface area contributed by atoms with Crippen molar-refractivity contribution in [2.45, 2.75) is 13.0 Å². The van der Waals surface area contributed by atoms with Crippen molar-refractivity contribution in [1.29, 1.82) is 0 Å². The van der Waals surface area contributed by atoms with Crippen molar-refractivity contribution in [3.63, 3.8) is 0 Å². The third kappa shape index (κ3) is 3.90. The zero-order chi connectivity index (χ0) is 13.7. The van der Waals surface area contributed by atoms with Gasteiger partial charge in [-0.15, -0.1) is 11.3 Å². The van der Waals surface area contributed by atoms with Gasteiger partial charge in [-0.1, -0.05) is 6.07 Å². The van der Waals surface area contributed by atoms with Crippen molar-refractivity contribution < 1.29 is 14.3 Å². The fraction of sp³-hybridized carbons (Fsp3) is 0.231. The van der Waals surface area contributed by atoms with Crippen LogP contribution in [-0.2, 0) is 14.3 Å². The third-order valence-electron chi connectivity index (χ3n) is 2.42. The monoisotopic (exact) mass is 295 g/mol. The first-order chi connectivity index (χ1) is 9.16. The maximum Gasteiger partial charge on any atom is 0.303 e. The van der Waals surface area contributed by atoms with E-state index in [1.165, 1.54) is 6.92 Å². The molecular weight excluding hydrogens is 282 g/mol. The van der Waals surface area contributed by atoms with E-state index < -0.39 is 5.97 Å². The molecule has 0 saturated carbocycles. The number of thiophene rings is 2. The predicted molar refractivity (Wildman–Crippen MR) is 75.3 cm³/mol. The summed E-state index contributed by atoms with van der Waals surface area (Å²) in [4.78, 5) is 23.5. The first-order valence-corrected chi connectivity index (χ1v) is 7.47. The molecular formula is C13H13NO3S2. The van der Waals surface area contributed by atoms with Gasteiger partial charge in [-0.05, 0) is 33.8 Å². The van der Waals surface area contributed by atoms with E-state index in [1.807, 2.05) is 34.3 Å². The normalized spacial score (nSPS) is 11.8. The molecule has 19 heavy (non-hydrogen) atoms. The lowest BCUT2D eigenvalue weighted by Crippen LogP contribution is -2.32. The maximum atomic E-state index is 11.8. The Bertz CT molecular complexity index is 500. The second-order valence-electron chi connectivity index (χ2n) is 3.85. The quantitative estimate of drug-likeness (QED) is 0.863. The second-order valence-corrected chi connectivity index (χ2v) is 5.61. The van der Waals surface area contributed by atoms with Crippen LogP contribution in [0.1, 0.15) is 23.4 Å². The number of amides is 1. The minimum absolute atomic E-state index is 0.186. The maximum absolute atomic E-state index is 11.8. The van der Waals surface area contributed by atoms with Crippen LogP contribution in [-0.4, -0.2) is 18.5 Å². The smallest absolute Gasteiger partial charge is 0.303 e. The van der Waals surface area contributed by atoms with E-state index >= 15 is 0 Å². The number of carbonyl (C=O) groups excluding carboxylic acids is 2. The predicted octanol–water partition coefficient (Wildman–Crippen LogP) is 2.58. The van der Waals surface area contributed by atoms with E-state index in [1.54, 1.807) is 22.7 Å². The number of hydrogen-bond acceptors (Lipinski definition) is 5. The van der Waals surface area contributed by atoms with Crippen LogP contribution in [0.25, 0.3) is 0 Å². The Labute approximate surface area is 119 Å². The summed E-state index contributed by atoms with van der Waals surface area (Å²) < 4.78 is 4.69. The molecule has 0 unspecified atom stereocenters. The Morgan fingerprint density at radius 3 is 2.79 bits per heavy atom. The van der Waals surface area contributed by atoms with Crippen LogP contribution in [0.4, 0.5) is 0 Å². The van der Waals surface area contributed by atoms with Gasteiger partial charge in [0.25, 0.3) is 5.91 Å². The molecule has 2 heterocycles. The molecule has 0 aliphatic rings. The Hall–Kier alpha value is -1.66. The lowest BCUT2D eigenvalue weighted by molar-refractivity contribution is -0.146. The minimum atomic E-state index is -0.460. The molecule has 0 aromatic carbocycles. The Morgan fingerprint density at radius 2 is 2.21 bits per heavy atom. The zero-order valence-electron chi connectivity index (χ0n) is 10.3. The largest absolute Gasteiger partial charge is 0.456 e. The number of ether oxygens (including phenoxy) is 1. The molecule has 100 valence electrons. The first-order valence-electron chi connectivity index (χ1n) is 5.65. The summed E-state index contributed by atoms with van der Waals surface area (Å²) in [7, 11) is 0.